The van der Waals surface area contributed by atoms with Crippen molar-refractivity contribution in [1.82, 2.24) is 19.1 Å². The van der Waals surface area contributed by atoms with Crippen LogP contribution in [0.1, 0.15) is 0 Å². The molecule has 14 rings (SSSR count). The first kappa shape index (κ1) is 34.6. The highest BCUT2D eigenvalue weighted by Gasteiger charge is 2.24. The van der Waals surface area contributed by atoms with Gasteiger partial charge in [-0.05, 0) is 70.4 Å². The van der Waals surface area contributed by atoms with E-state index in [1.165, 1.54) is 74.6 Å². The second-order valence-electron chi connectivity index (χ2n) is 16.4. The predicted molar refractivity (Wildman–Crippen MR) is 267 cm³/mol. The summed E-state index contributed by atoms with van der Waals surface area (Å²) in [6.07, 6.45) is 0. The highest BCUT2D eigenvalue weighted by molar-refractivity contribution is 7.26. The zero-order valence-electron chi connectivity index (χ0n) is 33.8. The van der Waals surface area contributed by atoms with Crippen molar-refractivity contribution >= 4 is 108 Å². The molecule has 0 aliphatic rings. The summed E-state index contributed by atoms with van der Waals surface area (Å²) in [7, 11) is 0. The standard InChI is InChI=1S/C58H34N4S/c1-2-17-35(18-3-1)61-51-30-13-9-21-38(51)48-33-46(36-19-4-6-24-41(36)55(48)61)47-34-49-39-22-10-14-31-52(39)62(56(49)42-25-7-5-20-37(42)47)58-59-50-29-12-8-26-44(50)54(60-58)45-28-16-27-43-40-23-11-15-32-53(40)63-57(43)45/h1-34H. The number of aromatic nitrogens is 4. The lowest BCUT2D eigenvalue weighted by atomic mass is 9.90. The van der Waals surface area contributed by atoms with Gasteiger partial charge >= 0.3 is 0 Å². The Hall–Kier alpha value is -8.12. The Balaban J connectivity index is 1.08. The van der Waals surface area contributed by atoms with E-state index in [0.29, 0.717) is 5.95 Å². The molecular weight excluding hydrogens is 785 g/mol. The highest BCUT2D eigenvalue weighted by atomic mass is 32.1. The molecule has 63 heavy (non-hydrogen) atoms. The van der Waals surface area contributed by atoms with Gasteiger partial charge in [-0.1, -0.05) is 158 Å². The summed E-state index contributed by atoms with van der Waals surface area (Å²) in [5.41, 5.74) is 11.1. The van der Waals surface area contributed by atoms with Gasteiger partial charge in [0.15, 0.2) is 0 Å². The normalized spacial score (nSPS) is 12.1. The summed E-state index contributed by atoms with van der Waals surface area (Å²) in [5.74, 6) is 0.659. The van der Waals surface area contributed by atoms with Crippen LogP contribution in [0.4, 0.5) is 0 Å². The van der Waals surface area contributed by atoms with Gasteiger partial charge in [0.1, 0.15) is 0 Å². The third kappa shape index (κ3) is 4.91. The van der Waals surface area contributed by atoms with Crippen molar-refractivity contribution in [3.05, 3.63) is 206 Å². The molecule has 0 spiro atoms. The molecule has 0 aliphatic carbocycles. The first-order chi connectivity index (χ1) is 31.3. The van der Waals surface area contributed by atoms with Crippen LogP contribution in [0.25, 0.3) is 130 Å². The summed E-state index contributed by atoms with van der Waals surface area (Å²) in [4.78, 5) is 11.0. The van der Waals surface area contributed by atoms with E-state index in [4.69, 9.17) is 9.97 Å². The molecule has 292 valence electrons. The van der Waals surface area contributed by atoms with Crippen LogP contribution in [0.15, 0.2) is 206 Å². The van der Waals surface area contributed by atoms with Gasteiger partial charge in [0.05, 0.1) is 33.3 Å². The maximum Gasteiger partial charge on any atom is 0.235 e. The summed E-state index contributed by atoms with van der Waals surface area (Å²) in [6, 6.07) is 74.8. The maximum absolute atomic E-state index is 5.61. The molecule has 0 bridgehead atoms. The zero-order chi connectivity index (χ0) is 41.2. The average molecular weight is 819 g/mol. The average Bonchev–Trinajstić information content (AvgIpc) is 4.02. The molecule has 5 heteroatoms. The van der Waals surface area contributed by atoms with Crippen LogP contribution in [-0.2, 0) is 0 Å². The Morgan fingerprint density at radius 3 is 1.52 bits per heavy atom. The molecule has 0 amide bonds. The minimum atomic E-state index is 0.659. The van der Waals surface area contributed by atoms with E-state index in [9.17, 15) is 0 Å². The van der Waals surface area contributed by atoms with Crippen LogP contribution >= 0.6 is 11.3 Å². The quantitative estimate of drug-likeness (QED) is 0.177. The van der Waals surface area contributed by atoms with E-state index in [0.717, 1.165) is 49.7 Å². The van der Waals surface area contributed by atoms with Crippen molar-refractivity contribution < 1.29 is 0 Å². The molecule has 0 radical (unpaired) electrons. The largest absolute Gasteiger partial charge is 0.309 e. The molecule has 14 aromatic rings. The van der Waals surface area contributed by atoms with E-state index in [1.807, 2.05) is 11.3 Å². The summed E-state index contributed by atoms with van der Waals surface area (Å²) < 4.78 is 7.26. The van der Waals surface area contributed by atoms with Crippen LogP contribution < -0.4 is 0 Å². The highest BCUT2D eigenvalue weighted by Crippen LogP contribution is 2.47. The van der Waals surface area contributed by atoms with Gasteiger partial charge in [0.25, 0.3) is 0 Å². The van der Waals surface area contributed by atoms with Crippen molar-refractivity contribution in [2.75, 3.05) is 0 Å². The third-order valence-electron chi connectivity index (χ3n) is 13.1. The minimum Gasteiger partial charge on any atom is -0.309 e. The summed E-state index contributed by atoms with van der Waals surface area (Å²) in [5, 5.41) is 13.1. The molecule has 0 unspecified atom stereocenters. The molecule has 0 aliphatic heterocycles. The molecule has 10 aromatic carbocycles. The van der Waals surface area contributed by atoms with Crippen LogP contribution in [0.5, 0.6) is 0 Å². The lowest BCUT2D eigenvalue weighted by molar-refractivity contribution is 1.02. The van der Waals surface area contributed by atoms with Crippen LogP contribution in [0.2, 0.25) is 0 Å². The second-order valence-corrected chi connectivity index (χ2v) is 17.5. The molecule has 4 heterocycles. The van der Waals surface area contributed by atoms with E-state index in [1.54, 1.807) is 0 Å². The number of fused-ring (bicyclic) bond motifs is 14. The van der Waals surface area contributed by atoms with Crippen molar-refractivity contribution in [2.24, 2.45) is 0 Å². The number of benzene rings is 10. The fourth-order valence-corrected chi connectivity index (χ4v) is 11.7. The molecule has 4 aromatic heterocycles. The van der Waals surface area contributed by atoms with Crippen molar-refractivity contribution in [2.45, 2.75) is 0 Å². The van der Waals surface area contributed by atoms with Crippen LogP contribution in [0, 0.1) is 0 Å². The number of nitrogens with zero attached hydrogens (tertiary/aromatic N) is 4. The molecule has 0 N–H and O–H groups in total. The number of hydrogen-bond donors (Lipinski definition) is 0. The Bertz CT molecular complexity index is 4210. The van der Waals surface area contributed by atoms with Crippen LogP contribution in [0.3, 0.4) is 0 Å². The van der Waals surface area contributed by atoms with Gasteiger partial charge in [-0.2, -0.15) is 0 Å². The molecule has 0 fully saturated rings. The topological polar surface area (TPSA) is 35.6 Å². The number of rotatable bonds is 4. The SMILES string of the molecule is c1ccc(-n2c3ccccc3c3cc(-c4cc5c6ccccc6n(-c6nc(-c7cccc8c7sc7ccccc78)c7ccccc7n6)c5c5ccccc45)c4ccccc4c32)cc1. The zero-order valence-corrected chi connectivity index (χ0v) is 34.6. The first-order valence-electron chi connectivity index (χ1n) is 21.4. The Morgan fingerprint density at radius 2 is 0.841 bits per heavy atom. The number of hydrogen-bond acceptors (Lipinski definition) is 3. The first-order valence-corrected chi connectivity index (χ1v) is 22.2. The third-order valence-corrected chi connectivity index (χ3v) is 14.3. The van der Waals surface area contributed by atoms with E-state index in [2.05, 4.69) is 215 Å². The minimum absolute atomic E-state index is 0.659. The van der Waals surface area contributed by atoms with Crippen molar-refractivity contribution in [3.63, 3.8) is 0 Å². The maximum atomic E-state index is 5.61. The fourth-order valence-electron chi connectivity index (χ4n) is 10.4. The monoisotopic (exact) mass is 818 g/mol. The van der Waals surface area contributed by atoms with Gasteiger partial charge < -0.3 is 4.57 Å². The molecule has 0 atom stereocenters. The smallest absolute Gasteiger partial charge is 0.235 e. The van der Waals surface area contributed by atoms with E-state index < -0.39 is 0 Å². The lowest BCUT2D eigenvalue weighted by Crippen LogP contribution is -2.04. The second kappa shape index (κ2) is 13.2. The van der Waals surface area contributed by atoms with Crippen molar-refractivity contribution in [1.29, 1.82) is 0 Å². The number of para-hydroxylation sites is 4. The van der Waals surface area contributed by atoms with Gasteiger partial charge in [-0.15, -0.1) is 11.3 Å². The van der Waals surface area contributed by atoms with Gasteiger partial charge in [-0.3, -0.25) is 4.57 Å². The van der Waals surface area contributed by atoms with Crippen LogP contribution in [-0.4, -0.2) is 19.1 Å². The molecule has 0 saturated heterocycles. The Kier molecular flexibility index (Phi) is 7.24. The Labute approximate surface area is 365 Å². The van der Waals surface area contributed by atoms with Gasteiger partial charge in [0.2, 0.25) is 5.95 Å². The van der Waals surface area contributed by atoms with E-state index in [-0.39, 0.29) is 0 Å². The summed E-state index contributed by atoms with van der Waals surface area (Å²) in [6.45, 7) is 0. The molecular formula is C58H34N4S. The van der Waals surface area contributed by atoms with Gasteiger partial charge in [0, 0.05) is 69.1 Å². The Morgan fingerprint density at radius 1 is 0.333 bits per heavy atom. The number of thiophene rings is 1. The fraction of sp³-hybridized carbons (Fsp3) is 0. The van der Waals surface area contributed by atoms with E-state index >= 15 is 0 Å². The van der Waals surface area contributed by atoms with Crippen molar-refractivity contribution in [3.8, 4) is 34.0 Å². The van der Waals surface area contributed by atoms with Gasteiger partial charge in [-0.25, -0.2) is 9.97 Å². The molecule has 0 saturated carbocycles. The predicted octanol–water partition coefficient (Wildman–Crippen LogP) is 15.8. The lowest BCUT2D eigenvalue weighted by Gasteiger charge is -2.16. The summed E-state index contributed by atoms with van der Waals surface area (Å²) >= 11 is 1.83. The molecule has 4 nitrogen and oxygen atoms in total.